The molecule has 2 unspecified atom stereocenters. The Kier molecular flexibility index (Phi) is 5.40. The summed E-state index contributed by atoms with van der Waals surface area (Å²) in [5, 5.41) is 17.8. The third-order valence-corrected chi connectivity index (χ3v) is 1.76. The van der Waals surface area contributed by atoms with Crippen LogP contribution in [0.25, 0.3) is 0 Å². The number of aliphatic hydroxyl groups is 1. The summed E-state index contributed by atoms with van der Waals surface area (Å²) in [5.74, 6) is -1.78. The lowest BCUT2D eigenvalue weighted by Gasteiger charge is -2.20. The molecule has 0 amide bonds. The third-order valence-electron chi connectivity index (χ3n) is 1.76. The Hall–Kier alpha value is -1.14. The molecular formula is C10H19NO5. The molecule has 0 aliphatic carbocycles. The van der Waals surface area contributed by atoms with Crippen LogP contribution in [0.2, 0.25) is 0 Å². The van der Waals surface area contributed by atoms with Crippen LogP contribution in [0.4, 0.5) is 0 Å². The van der Waals surface area contributed by atoms with Crippen LogP contribution < -0.4 is 5.73 Å². The van der Waals surface area contributed by atoms with E-state index in [1.807, 2.05) is 0 Å². The molecule has 0 fully saturated rings. The summed E-state index contributed by atoms with van der Waals surface area (Å²) < 4.78 is 4.99. The topological polar surface area (TPSA) is 110 Å². The van der Waals surface area contributed by atoms with Crippen molar-refractivity contribution in [1.82, 2.24) is 0 Å². The smallest absolute Gasteiger partial charge is 0.323 e. The van der Waals surface area contributed by atoms with Gasteiger partial charge in [0.1, 0.15) is 11.6 Å². The van der Waals surface area contributed by atoms with E-state index >= 15 is 0 Å². The number of carboxylic acid groups (broad SMARTS) is 1. The van der Waals surface area contributed by atoms with Crippen molar-refractivity contribution in [3.8, 4) is 0 Å². The molecule has 0 saturated heterocycles. The van der Waals surface area contributed by atoms with Gasteiger partial charge in [-0.1, -0.05) is 0 Å². The van der Waals surface area contributed by atoms with Gasteiger partial charge >= 0.3 is 11.9 Å². The van der Waals surface area contributed by atoms with Crippen molar-refractivity contribution < 1.29 is 24.5 Å². The highest BCUT2D eigenvalue weighted by Gasteiger charge is 2.24. The van der Waals surface area contributed by atoms with Gasteiger partial charge in [-0.25, -0.2) is 0 Å². The molecule has 0 bridgehead atoms. The fourth-order valence-corrected chi connectivity index (χ4v) is 1.00. The Morgan fingerprint density at radius 3 is 2.25 bits per heavy atom. The summed E-state index contributed by atoms with van der Waals surface area (Å²) >= 11 is 0. The summed E-state index contributed by atoms with van der Waals surface area (Å²) in [6, 6.07) is -1.37. The fourth-order valence-electron chi connectivity index (χ4n) is 1.00. The molecule has 0 aromatic heterocycles. The zero-order valence-corrected chi connectivity index (χ0v) is 9.77. The second-order valence-electron chi connectivity index (χ2n) is 4.56. The maximum absolute atomic E-state index is 11.2. The van der Waals surface area contributed by atoms with Gasteiger partial charge in [0.2, 0.25) is 0 Å². The number of aliphatic carboxylic acids is 1. The zero-order valence-electron chi connectivity index (χ0n) is 9.77. The fraction of sp³-hybridized carbons (Fsp3) is 0.800. The quantitative estimate of drug-likeness (QED) is 0.571. The molecule has 0 spiro atoms. The summed E-state index contributed by atoms with van der Waals surface area (Å²) in [4.78, 5) is 21.6. The number of ether oxygens (including phenoxy) is 1. The van der Waals surface area contributed by atoms with Crippen LogP contribution in [-0.4, -0.2) is 39.9 Å². The minimum Gasteiger partial charge on any atom is -0.480 e. The van der Waals surface area contributed by atoms with Crippen LogP contribution in [0.15, 0.2) is 0 Å². The molecule has 0 saturated carbocycles. The van der Waals surface area contributed by atoms with Gasteiger partial charge in [0, 0.05) is 6.42 Å². The summed E-state index contributed by atoms with van der Waals surface area (Å²) in [6.07, 6.45) is -1.33. The average molecular weight is 233 g/mol. The Morgan fingerprint density at radius 2 is 1.88 bits per heavy atom. The first-order chi connectivity index (χ1) is 7.13. The lowest BCUT2D eigenvalue weighted by molar-refractivity contribution is -0.156. The average Bonchev–Trinajstić information content (AvgIpc) is 2.09. The lowest BCUT2D eigenvalue weighted by Crippen LogP contribution is -2.42. The highest BCUT2D eigenvalue weighted by atomic mass is 16.6. The Balaban J connectivity index is 3.97. The standard InChI is InChI=1S/C10H19NO5/c1-10(2,3)16-7(13)5-4-6(12)8(11)9(14)15/h6,8,12H,4-5,11H2,1-3H3,(H,14,15). The first-order valence-corrected chi connectivity index (χ1v) is 5.02. The first kappa shape index (κ1) is 14.9. The van der Waals surface area contributed by atoms with Crippen LogP contribution >= 0.6 is 0 Å². The van der Waals surface area contributed by atoms with Crippen LogP contribution in [0.1, 0.15) is 33.6 Å². The molecule has 16 heavy (non-hydrogen) atoms. The van der Waals surface area contributed by atoms with Crippen LogP contribution in [0, 0.1) is 0 Å². The van der Waals surface area contributed by atoms with Crippen LogP contribution in [0.3, 0.4) is 0 Å². The van der Waals surface area contributed by atoms with Gasteiger partial charge in [-0.2, -0.15) is 0 Å². The second-order valence-corrected chi connectivity index (χ2v) is 4.56. The number of rotatable bonds is 5. The number of carbonyl (C=O) groups excluding carboxylic acids is 1. The van der Waals surface area contributed by atoms with E-state index in [2.05, 4.69) is 0 Å². The van der Waals surface area contributed by atoms with Crippen LogP contribution in [0.5, 0.6) is 0 Å². The highest BCUT2D eigenvalue weighted by molar-refractivity contribution is 5.74. The van der Waals surface area contributed by atoms with Gasteiger partial charge in [0.15, 0.2) is 0 Å². The molecule has 2 atom stereocenters. The lowest BCUT2D eigenvalue weighted by atomic mass is 10.1. The van der Waals surface area contributed by atoms with E-state index in [1.54, 1.807) is 20.8 Å². The van der Waals surface area contributed by atoms with E-state index < -0.39 is 29.7 Å². The molecule has 4 N–H and O–H groups in total. The molecule has 0 aromatic carbocycles. The maximum atomic E-state index is 11.2. The van der Waals surface area contributed by atoms with Crippen molar-refractivity contribution in [3.63, 3.8) is 0 Å². The van der Waals surface area contributed by atoms with Gasteiger partial charge in [-0.3, -0.25) is 9.59 Å². The summed E-state index contributed by atoms with van der Waals surface area (Å²) in [7, 11) is 0. The third kappa shape index (κ3) is 6.36. The molecule has 0 aliphatic rings. The molecule has 0 heterocycles. The van der Waals surface area contributed by atoms with Gasteiger partial charge in [-0.05, 0) is 27.2 Å². The minimum atomic E-state index is -1.37. The number of hydrogen-bond donors (Lipinski definition) is 3. The van der Waals surface area contributed by atoms with Gasteiger partial charge < -0.3 is 20.7 Å². The summed E-state index contributed by atoms with van der Waals surface area (Å²) in [5.41, 5.74) is 4.59. The number of carboxylic acids is 1. The van der Waals surface area contributed by atoms with E-state index in [9.17, 15) is 14.7 Å². The molecule has 0 aromatic rings. The highest BCUT2D eigenvalue weighted by Crippen LogP contribution is 2.10. The van der Waals surface area contributed by atoms with Crippen molar-refractivity contribution in [2.75, 3.05) is 0 Å². The number of carbonyl (C=O) groups is 2. The Labute approximate surface area is 94.4 Å². The van der Waals surface area contributed by atoms with E-state index in [0.29, 0.717) is 0 Å². The van der Waals surface area contributed by atoms with Gasteiger partial charge in [-0.15, -0.1) is 0 Å². The SMILES string of the molecule is CC(C)(C)OC(=O)CCC(O)C(N)C(=O)O. The maximum Gasteiger partial charge on any atom is 0.323 e. The molecule has 0 rings (SSSR count). The predicted molar refractivity (Wildman–Crippen MR) is 56.7 cm³/mol. The molecule has 0 radical (unpaired) electrons. The molecule has 0 aliphatic heterocycles. The van der Waals surface area contributed by atoms with Crippen molar-refractivity contribution in [3.05, 3.63) is 0 Å². The van der Waals surface area contributed by atoms with Crippen molar-refractivity contribution in [2.24, 2.45) is 5.73 Å². The van der Waals surface area contributed by atoms with Crippen molar-refractivity contribution >= 4 is 11.9 Å². The Bertz CT molecular complexity index is 258. The van der Waals surface area contributed by atoms with E-state index in [-0.39, 0.29) is 12.8 Å². The van der Waals surface area contributed by atoms with E-state index in [1.165, 1.54) is 0 Å². The number of aliphatic hydroxyl groups excluding tert-OH is 1. The molecule has 6 nitrogen and oxygen atoms in total. The number of esters is 1. The monoisotopic (exact) mass is 233 g/mol. The molecule has 6 heteroatoms. The van der Waals surface area contributed by atoms with Gasteiger partial charge in [0.25, 0.3) is 0 Å². The minimum absolute atomic E-state index is 0.0254. The molecular weight excluding hydrogens is 214 g/mol. The van der Waals surface area contributed by atoms with Crippen molar-refractivity contribution in [1.29, 1.82) is 0 Å². The van der Waals surface area contributed by atoms with Crippen LogP contribution in [-0.2, 0) is 14.3 Å². The molecule has 94 valence electrons. The summed E-state index contributed by atoms with van der Waals surface area (Å²) in [6.45, 7) is 5.18. The van der Waals surface area contributed by atoms with E-state index in [0.717, 1.165) is 0 Å². The predicted octanol–water partition coefficient (Wildman–Crippen LogP) is -0.119. The first-order valence-electron chi connectivity index (χ1n) is 5.02. The zero-order chi connectivity index (χ0) is 12.9. The van der Waals surface area contributed by atoms with Crippen molar-refractivity contribution in [2.45, 2.75) is 51.4 Å². The normalized spacial score (nSPS) is 15.3. The van der Waals surface area contributed by atoms with Gasteiger partial charge in [0.05, 0.1) is 6.10 Å². The Morgan fingerprint density at radius 1 is 1.38 bits per heavy atom. The second kappa shape index (κ2) is 5.81. The van der Waals surface area contributed by atoms with E-state index in [4.69, 9.17) is 15.6 Å². The number of hydrogen-bond acceptors (Lipinski definition) is 5. The number of nitrogens with two attached hydrogens (primary N) is 1. The largest absolute Gasteiger partial charge is 0.480 e.